The smallest absolute Gasteiger partial charge is 0.135 e. The summed E-state index contributed by atoms with van der Waals surface area (Å²) in [7, 11) is 0. The molecule has 0 unspecified atom stereocenters. The van der Waals surface area contributed by atoms with Crippen molar-refractivity contribution in [3.05, 3.63) is 75.3 Å². The van der Waals surface area contributed by atoms with E-state index in [0.717, 1.165) is 5.56 Å². The molecule has 0 bridgehead atoms. The quantitative estimate of drug-likeness (QED) is 0.714. The first-order valence-corrected chi connectivity index (χ1v) is 8.28. The predicted molar refractivity (Wildman–Crippen MR) is 99.0 cm³/mol. The predicted octanol–water partition coefficient (Wildman–Crippen LogP) is 4.22. The van der Waals surface area contributed by atoms with Crippen molar-refractivity contribution in [1.82, 2.24) is 9.97 Å². The zero-order valence-corrected chi connectivity index (χ0v) is 14.7. The Morgan fingerprint density at radius 2 is 1.84 bits per heavy atom. The molecule has 0 atom stereocenters. The fraction of sp³-hybridized carbons (Fsp3) is 0.111. The number of hydrogen-bond donors (Lipinski definition) is 2. The summed E-state index contributed by atoms with van der Waals surface area (Å²) in [5, 5.41) is 0.960. The Morgan fingerprint density at radius 3 is 2.52 bits per heavy atom. The van der Waals surface area contributed by atoms with Crippen LogP contribution in [0.2, 0.25) is 10.0 Å². The molecule has 0 radical (unpaired) electrons. The second kappa shape index (κ2) is 7.35. The summed E-state index contributed by atoms with van der Waals surface area (Å²) in [5.41, 5.74) is 14.4. The van der Waals surface area contributed by atoms with Gasteiger partial charge in [0.05, 0.1) is 10.7 Å². The van der Waals surface area contributed by atoms with Crippen LogP contribution in [0.1, 0.15) is 17.0 Å². The van der Waals surface area contributed by atoms with Crippen molar-refractivity contribution < 1.29 is 4.39 Å². The summed E-state index contributed by atoms with van der Waals surface area (Å²) in [6.45, 7) is 0.167. The molecule has 0 saturated carbocycles. The molecule has 4 nitrogen and oxygen atoms in total. The van der Waals surface area contributed by atoms with Gasteiger partial charge in [0.25, 0.3) is 0 Å². The van der Waals surface area contributed by atoms with Gasteiger partial charge in [-0.15, -0.1) is 0 Å². The molecule has 0 aliphatic rings. The number of halogens is 3. The maximum Gasteiger partial charge on any atom is 0.135 e. The van der Waals surface area contributed by atoms with Crippen LogP contribution in [0.4, 0.5) is 10.2 Å². The van der Waals surface area contributed by atoms with Crippen LogP contribution in [-0.4, -0.2) is 9.97 Å². The summed E-state index contributed by atoms with van der Waals surface area (Å²) in [5.74, 6) is 0.427. The normalized spacial score (nSPS) is 10.9. The molecule has 3 aromatic rings. The minimum Gasteiger partial charge on any atom is -0.383 e. The third-order valence-electron chi connectivity index (χ3n) is 3.73. The molecule has 0 spiro atoms. The molecule has 0 aliphatic carbocycles. The number of nitrogens with zero attached hydrogens (tertiary/aromatic N) is 2. The molecule has 25 heavy (non-hydrogen) atoms. The van der Waals surface area contributed by atoms with Crippen molar-refractivity contribution in [2.45, 2.75) is 13.0 Å². The SMILES string of the molecule is NCc1c(N)nc(Cc2cccc(F)c2)nc1-c1ccc(Cl)cc1Cl. The molecule has 7 heteroatoms. The topological polar surface area (TPSA) is 77.8 Å². The van der Waals surface area contributed by atoms with Gasteiger partial charge in [0.2, 0.25) is 0 Å². The number of benzene rings is 2. The van der Waals surface area contributed by atoms with E-state index in [0.29, 0.717) is 39.1 Å². The summed E-state index contributed by atoms with van der Waals surface area (Å²) < 4.78 is 13.4. The lowest BCUT2D eigenvalue weighted by Crippen LogP contribution is -2.11. The van der Waals surface area contributed by atoms with Crippen molar-refractivity contribution in [1.29, 1.82) is 0 Å². The molecule has 2 aromatic carbocycles. The average Bonchev–Trinajstić information content (AvgIpc) is 2.54. The van der Waals surface area contributed by atoms with Crippen LogP contribution in [-0.2, 0) is 13.0 Å². The van der Waals surface area contributed by atoms with Gasteiger partial charge in [0.1, 0.15) is 17.5 Å². The lowest BCUT2D eigenvalue weighted by atomic mass is 10.1. The number of nitrogens with two attached hydrogens (primary N) is 2. The van der Waals surface area contributed by atoms with Crippen molar-refractivity contribution in [3.63, 3.8) is 0 Å². The molecular weight excluding hydrogens is 362 g/mol. The van der Waals surface area contributed by atoms with Gasteiger partial charge in [-0.3, -0.25) is 0 Å². The number of anilines is 1. The monoisotopic (exact) mass is 376 g/mol. The van der Waals surface area contributed by atoms with Gasteiger partial charge in [-0.1, -0.05) is 35.3 Å². The first-order valence-electron chi connectivity index (χ1n) is 7.53. The summed E-state index contributed by atoms with van der Waals surface area (Å²) >= 11 is 12.3. The molecular formula is C18H15Cl2FN4. The average molecular weight is 377 g/mol. The van der Waals surface area contributed by atoms with Crippen molar-refractivity contribution in [2.24, 2.45) is 5.73 Å². The molecule has 1 heterocycles. The molecule has 0 saturated heterocycles. The van der Waals surface area contributed by atoms with Gasteiger partial charge in [0, 0.05) is 29.1 Å². The Morgan fingerprint density at radius 1 is 1.04 bits per heavy atom. The highest BCUT2D eigenvalue weighted by atomic mass is 35.5. The van der Waals surface area contributed by atoms with E-state index in [1.54, 1.807) is 30.3 Å². The van der Waals surface area contributed by atoms with Crippen LogP contribution < -0.4 is 11.5 Å². The third-order valence-corrected chi connectivity index (χ3v) is 4.27. The van der Waals surface area contributed by atoms with Crippen molar-refractivity contribution in [3.8, 4) is 11.3 Å². The van der Waals surface area contributed by atoms with E-state index in [2.05, 4.69) is 9.97 Å². The highest BCUT2D eigenvalue weighted by Crippen LogP contribution is 2.33. The highest BCUT2D eigenvalue weighted by Gasteiger charge is 2.16. The number of rotatable bonds is 4. The summed E-state index contributed by atoms with van der Waals surface area (Å²) in [4.78, 5) is 8.87. The fourth-order valence-corrected chi connectivity index (χ4v) is 3.06. The Kier molecular flexibility index (Phi) is 5.18. The van der Waals surface area contributed by atoms with Crippen LogP contribution in [0.15, 0.2) is 42.5 Å². The number of hydrogen-bond acceptors (Lipinski definition) is 4. The minimum atomic E-state index is -0.315. The maximum atomic E-state index is 13.4. The van der Waals surface area contributed by atoms with Gasteiger partial charge in [-0.05, 0) is 35.9 Å². The van der Waals surface area contributed by atoms with E-state index in [1.807, 2.05) is 0 Å². The number of nitrogen functional groups attached to an aromatic ring is 1. The van der Waals surface area contributed by atoms with Gasteiger partial charge < -0.3 is 11.5 Å². The van der Waals surface area contributed by atoms with Crippen molar-refractivity contribution in [2.75, 3.05) is 5.73 Å². The Hall–Kier alpha value is -2.21. The van der Waals surface area contributed by atoms with Crippen LogP contribution in [0.3, 0.4) is 0 Å². The van der Waals surface area contributed by atoms with E-state index in [9.17, 15) is 4.39 Å². The fourth-order valence-electron chi connectivity index (χ4n) is 2.56. The first kappa shape index (κ1) is 17.6. The van der Waals surface area contributed by atoms with Crippen LogP contribution >= 0.6 is 23.2 Å². The summed E-state index contributed by atoms with van der Waals surface area (Å²) in [6.07, 6.45) is 0.338. The van der Waals surface area contributed by atoms with Gasteiger partial charge in [-0.25, -0.2) is 14.4 Å². The second-order valence-electron chi connectivity index (χ2n) is 5.49. The lowest BCUT2D eigenvalue weighted by molar-refractivity contribution is 0.626. The zero-order chi connectivity index (χ0) is 18.0. The standard InChI is InChI=1S/C18H15Cl2FN4/c19-11-4-5-13(15(20)8-11)17-14(9-22)18(23)25-16(24-17)7-10-2-1-3-12(21)6-10/h1-6,8H,7,9,22H2,(H2,23,24,25). The largest absolute Gasteiger partial charge is 0.383 e. The molecule has 3 rings (SSSR count). The van der Waals surface area contributed by atoms with Crippen LogP contribution in [0, 0.1) is 5.82 Å². The third kappa shape index (κ3) is 3.90. The molecule has 0 amide bonds. The van der Waals surface area contributed by atoms with E-state index < -0.39 is 0 Å². The van der Waals surface area contributed by atoms with E-state index >= 15 is 0 Å². The molecule has 1 aromatic heterocycles. The Bertz CT molecular complexity index is 931. The zero-order valence-electron chi connectivity index (χ0n) is 13.1. The maximum absolute atomic E-state index is 13.4. The minimum absolute atomic E-state index is 0.167. The van der Waals surface area contributed by atoms with Gasteiger partial charge in [-0.2, -0.15) is 0 Å². The molecule has 128 valence electrons. The van der Waals surface area contributed by atoms with E-state index in [-0.39, 0.29) is 18.2 Å². The molecule has 4 N–H and O–H groups in total. The second-order valence-corrected chi connectivity index (χ2v) is 6.33. The number of aromatic nitrogens is 2. The highest BCUT2D eigenvalue weighted by molar-refractivity contribution is 6.36. The van der Waals surface area contributed by atoms with E-state index in [4.69, 9.17) is 34.7 Å². The van der Waals surface area contributed by atoms with Gasteiger partial charge in [0.15, 0.2) is 0 Å². The van der Waals surface area contributed by atoms with Gasteiger partial charge >= 0.3 is 0 Å². The Labute approximate surface area is 154 Å². The van der Waals surface area contributed by atoms with Crippen LogP contribution in [0.5, 0.6) is 0 Å². The van der Waals surface area contributed by atoms with Crippen molar-refractivity contribution >= 4 is 29.0 Å². The molecule has 0 fully saturated rings. The first-order chi connectivity index (χ1) is 12.0. The van der Waals surface area contributed by atoms with E-state index in [1.165, 1.54) is 12.1 Å². The van der Waals surface area contributed by atoms with Crippen LogP contribution in [0.25, 0.3) is 11.3 Å². The Balaban J connectivity index is 2.09. The molecule has 0 aliphatic heterocycles. The lowest BCUT2D eigenvalue weighted by Gasteiger charge is -2.13. The summed E-state index contributed by atoms with van der Waals surface area (Å²) in [6, 6.07) is 11.4.